The first-order valence-electron chi connectivity index (χ1n) is 6.72. The Morgan fingerprint density at radius 1 is 1.37 bits per heavy atom. The lowest BCUT2D eigenvalue weighted by Gasteiger charge is -2.35. The zero-order chi connectivity index (χ0) is 14.3. The summed E-state index contributed by atoms with van der Waals surface area (Å²) in [6.45, 7) is 7.02. The predicted molar refractivity (Wildman–Crippen MR) is 67.4 cm³/mol. The molecule has 6 nitrogen and oxygen atoms in total. The van der Waals surface area contributed by atoms with E-state index >= 15 is 0 Å². The van der Waals surface area contributed by atoms with E-state index < -0.39 is 12.1 Å². The van der Waals surface area contributed by atoms with Crippen molar-refractivity contribution in [3.8, 4) is 0 Å². The summed E-state index contributed by atoms with van der Waals surface area (Å²) in [6, 6.07) is 0. The van der Waals surface area contributed by atoms with Crippen LogP contribution in [0.15, 0.2) is 0 Å². The molecule has 19 heavy (non-hydrogen) atoms. The van der Waals surface area contributed by atoms with Gasteiger partial charge >= 0.3 is 0 Å². The highest BCUT2D eigenvalue weighted by atomic mass is 17.1. The summed E-state index contributed by atoms with van der Waals surface area (Å²) >= 11 is 0. The maximum Gasteiger partial charge on any atom is 0.190 e. The predicted octanol–water partition coefficient (Wildman–Crippen LogP) is 1.83. The average molecular weight is 276 g/mol. The quantitative estimate of drug-likeness (QED) is 0.300. The standard InChI is InChI=1S/C13H24O6/c1-4-16-12(19-15)6-5-11(10(2)9-14)13(3)17-7-8-18-13/h9-12,15H,4-8H2,1-3H3. The highest BCUT2D eigenvalue weighted by molar-refractivity contribution is 5.53. The van der Waals surface area contributed by atoms with Crippen molar-refractivity contribution in [3.63, 3.8) is 0 Å². The number of ether oxygens (including phenoxy) is 3. The molecule has 0 aromatic heterocycles. The minimum Gasteiger partial charge on any atom is -0.350 e. The molecule has 6 heteroatoms. The summed E-state index contributed by atoms with van der Waals surface area (Å²) in [4.78, 5) is 15.3. The third-order valence-corrected chi connectivity index (χ3v) is 3.57. The molecule has 3 atom stereocenters. The summed E-state index contributed by atoms with van der Waals surface area (Å²) in [5.74, 6) is -1.07. The van der Waals surface area contributed by atoms with Crippen molar-refractivity contribution in [3.05, 3.63) is 0 Å². The number of hydrogen-bond acceptors (Lipinski definition) is 6. The topological polar surface area (TPSA) is 74.2 Å². The normalized spacial score (nSPS) is 22.9. The minimum atomic E-state index is -0.757. The average Bonchev–Trinajstić information content (AvgIpc) is 2.84. The van der Waals surface area contributed by atoms with Crippen LogP contribution >= 0.6 is 0 Å². The fourth-order valence-corrected chi connectivity index (χ4v) is 2.51. The Labute approximate surface area is 113 Å². The fraction of sp³-hybridized carbons (Fsp3) is 0.923. The van der Waals surface area contributed by atoms with E-state index in [1.807, 2.05) is 20.8 Å². The third kappa shape index (κ3) is 4.50. The van der Waals surface area contributed by atoms with Gasteiger partial charge in [-0.1, -0.05) is 6.92 Å². The molecule has 0 saturated carbocycles. The molecule has 0 aliphatic carbocycles. The first-order chi connectivity index (χ1) is 9.07. The lowest BCUT2D eigenvalue weighted by Crippen LogP contribution is -2.40. The Bertz CT molecular complexity index is 264. The van der Waals surface area contributed by atoms with Crippen molar-refractivity contribution in [1.29, 1.82) is 0 Å². The largest absolute Gasteiger partial charge is 0.350 e. The van der Waals surface area contributed by atoms with E-state index in [0.717, 1.165) is 6.29 Å². The van der Waals surface area contributed by atoms with Gasteiger partial charge in [0, 0.05) is 24.9 Å². The summed E-state index contributed by atoms with van der Waals surface area (Å²) in [7, 11) is 0. The molecule has 0 amide bonds. The molecular weight excluding hydrogens is 252 g/mol. The smallest absolute Gasteiger partial charge is 0.190 e. The van der Waals surface area contributed by atoms with Crippen LogP contribution in [0.4, 0.5) is 0 Å². The molecule has 0 spiro atoms. The van der Waals surface area contributed by atoms with Gasteiger partial charge in [-0.2, -0.15) is 0 Å². The van der Waals surface area contributed by atoms with E-state index in [2.05, 4.69) is 4.89 Å². The van der Waals surface area contributed by atoms with Gasteiger partial charge in [0.15, 0.2) is 12.1 Å². The van der Waals surface area contributed by atoms with Gasteiger partial charge in [-0.15, -0.1) is 0 Å². The Kier molecular flexibility index (Phi) is 6.88. The van der Waals surface area contributed by atoms with Gasteiger partial charge in [-0.05, 0) is 20.3 Å². The molecule has 1 aliphatic heterocycles. The van der Waals surface area contributed by atoms with Gasteiger partial charge in [0.2, 0.25) is 0 Å². The van der Waals surface area contributed by atoms with Crippen LogP contribution in [0, 0.1) is 11.8 Å². The molecule has 1 saturated heterocycles. The van der Waals surface area contributed by atoms with Crippen molar-refractivity contribution in [2.45, 2.75) is 45.7 Å². The van der Waals surface area contributed by atoms with Crippen molar-refractivity contribution in [2.75, 3.05) is 19.8 Å². The molecule has 3 unspecified atom stereocenters. The van der Waals surface area contributed by atoms with Crippen molar-refractivity contribution in [1.82, 2.24) is 0 Å². The molecule has 112 valence electrons. The number of aldehydes is 1. The highest BCUT2D eigenvalue weighted by Crippen LogP contribution is 2.36. The van der Waals surface area contributed by atoms with Gasteiger partial charge in [-0.3, -0.25) is 0 Å². The molecule has 1 fully saturated rings. The van der Waals surface area contributed by atoms with Crippen molar-refractivity contribution >= 4 is 6.29 Å². The van der Waals surface area contributed by atoms with E-state index in [9.17, 15) is 4.79 Å². The van der Waals surface area contributed by atoms with Crippen LogP contribution in [-0.4, -0.2) is 43.4 Å². The first kappa shape index (κ1) is 16.5. The molecular formula is C13H24O6. The van der Waals surface area contributed by atoms with Crippen LogP contribution in [-0.2, 0) is 23.9 Å². The molecule has 0 aromatic rings. The Morgan fingerprint density at radius 2 is 2.00 bits per heavy atom. The fourth-order valence-electron chi connectivity index (χ4n) is 2.51. The highest BCUT2D eigenvalue weighted by Gasteiger charge is 2.42. The van der Waals surface area contributed by atoms with E-state index in [1.165, 1.54) is 0 Å². The van der Waals surface area contributed by atoms with E-state index in [1.54, 1.807) is 0 Å². The summed E-state index contributed by atoms with van der Waals surface area (Å²) in [6.07, 6.45) is 1.28. The van der Waals surface area contributed by atoms with Crippen LogP contribution in [0.3, 0.4) is 0 Å². The minimum absolute atomic E-state index is 0.106. The number of carbonyl (C=O) groups is 1. The van der Waals surface area contributed by atoms with Crippen LogP contribution in [0.1, 0.15) is 33.6 Å². The first-order valence-corrected chi connectivity index (χ1v) is 6.72. The van der Waals surface area contributed by atoms with Gasteiger partial charge in [0.05, 0.1) is 13.2 Å². The lowest BCUT2D eigenvalue weighted by atomic mass is 9.84. The number of rotatable bonds is 9. The second kappa shape index (κ2) is 7.91. The van der Waals surface area contributed by atoms with E-state index in [4.69, 9.17) is 19.5 Å². The van der Waals surface area contributed by atoms with Crippen LogP contribution in [0.2, 0.25) is 0 Å². The summed E-state index contributed by atoms with van der Waals surface area (Å²) < 4.78 is 16.5. The number of carbonyl (C=O) groups excluding carboxylic acids is 1. The maximum atomic E-state index is 11.1. The third-order valence-electron chi connectivity index (χ3n) is 3.57. The number of hydrogen-bond donors (Lipinski definition) is 1. The van der Waals surface area contributed by atoms with Gasteiger partial charge in [0.1, 0.15) is 6.29 Å². The molecule has 0 aromatic carbocycles. The maximum absolute atomic E-state index is 11.1. The second-order valence-corrected chi connectivity index (χ2v) is 4.88. The molecule has 1 aliphatic rings. The molecule has 1 heterocycles. The Morgan fingerprint density at radius 3 is 2.47 bits per heavy atom. The van der Waals surface area contributed by atoms with Gasteiger partial charge in [-0.25, -0.2) is 10.1 Å². The molecule has 0 bridgehead atoms. The molecule has 1 rings (SSSR count). The zero-order valence-electron chi connectivity index (χ0n) is 11.8. The van der Waals surface area contributed by atoms with Crippen LogP contribution < -0.4 is 0 Å². The molecule has 0 radical (unpaired) electrons. The van der Waals surface area contributed by atoms with Gasteiger partial charge < -0.3 is 19.0 Å². The Balaban J connectivity index is 2.62. The molecule has 1 N–H and O–H groups in total. The summed E-state index contributed by atoms with van der Waals surface area (Å²) in [5, 5.41) is 8.74. The van der Waals surface area contributed by atoms with Crippen molar-refractivity contribution < 1.29 is 29.1 Å². The SMILES string of the molecule is CCOC(CCC(C(C)C=O)C1(C)OCCO1)OO. The summed E-state index contributed by atoms with van der Waals surface area (Å²) in [5.41, 5.74) is 0. The van der Waals surface area contributed by atoms with Gasteiger partial charge in [0.25, 0.3) is 0 Å². The van der Waals surface area contributed by atoms with Crippen LogP contribution in [0.25, 0.3) is 0 Å². The van der Waals surface area contributed by atoms with E-state index in [0.29, 0.717) is 32.7 Å². The van der Waals surface area contributed by atoms with E-state index in [-0.39, 0.29) is 11.8 Å². The Hall–Kier alpha value is -0.530. The van der Waals surface area contributed by atoms with Crippen LogP contribution in [0.5, 0.6) is 0 Å². The zero-order valence-corrected chi connectivity index (χ0v) is 11.8. The van der Waals surface area contributed by atoms with Crippen molar-refractivity contribution in [2.24, 2.45) is 11.8 Å². The monoisotopic (exact) mass is 276 g/mol. The second-order valence-electron chi connectivity index (χ2n) is 4.88. The lowest BCUT2D eigenvalue weighted by molar-refractivity contribution is -0.348.